The van der Waals surface area contributed by atoms with Crippen LogP contribution in [0.15, 0.2) is 12.3 Å². The molecular weight excluding hydrogens is 184 g/mol. The van der Waals surface area contributed by atoms with Crippen LogP contribution >= 0.6 is 11.8 Å². The molecule has 1 aromatic heterocycles. The van der Waals surface area contributed by atoms with Crippen molar-refractivity contribution in [2.24, 2.45) is 0 Å². The number of ether oxygens (including phenoxy) is 1. The first-order chi connectivity index (χ1) is 6.34. The molecule has 0 amide bonds. The summed E-state index contributed by atoms with van der Waals surface area (Å²) in [5.74, 6) is 3.76. The second kappa shape index (κ2) is 3.96. The predicted molar refractivity (Wildman–Crippen MR) is 53.1 cm³/mol. The smallest absolute Gasteiger partial charge is 0.216 e. The largest absolute Gasteiger partial charge is 0.473 e. The molecule has 0 N–H and O–H groups in total. The maximum Gasteiger partial charge on any atom is 0.216 e. The van der Waals surface area contributed by atoms with Gasteiger partial charge in [-0.1, -0.05) is 0 Å². The minimum atomic E-state index is 0.347. The Hall–Kier alpha value is -0.770. The van der Waals surface area contributed by atoms with Gasteiger partial charge in [-0.3, -0.25) is 0 Å². The molecule has 0 saturated carbocycles. The maximum absolute atomic E-state index is 5.68. The van der Waals surface area contributed by atoms with Crippen molar-refractivity contribution in [3.05, 3.63) is 18.1 Å². The minimum absolute atomic E-state index is 0.347. The number of thioether (sulfide) groups is 1. The summed E-state index contributed by atoms with van der Waals surface area (Å²) in [6, 6.07) is 1.82. The van der Waals surface area contributed by atoms with Crippen LogP contribution in [0, 0.1) is 6.92 Å². The van der Waals surface area contributed by atoms with Gasteiger partial charge in [-0.15, -0.1) is 0 Å². The summed E-state index contributed by atoms with van der Waals surface area (Å²) in [5, 5.41) is 0. The second-order valence-electron chi connectivity index (χ2n) is 3.05. The molecule has 1 saturated heterocycles. The van der Waals surface area contributed by atoms with E-state index in [1.54, 1.807) is 6.20 Å². The van der Waals surface area contributed by atoms with Crippen LogP contribution in [0.25, 0.3) is 0 Å². The predicted octanol–water partition coefficient (Wildman–Crippen LogP) is 1.67. The van der Waals surface area contributed by atoms with Gasteiger partial charge in [0, 0.05) is 18.0 Å². The van der Waals surface area contributed by atoms with Crippen molar-refractivity contribution in [2.45, 2.75) is 19.4 Å². The molecule has 1 atom stereocenters. The van der Waals surface area contributed by atoms with Gasteiger partial charge in [0.2, 0.25) is 5.88 Å². The quantitative estimate of drug-likeness (QED) is 0.720. The molecule has 0 aliphatic carbocycles. The summed E-state index contributed by atoms with van der Waals surface area (Å²) in [6.07, 6.45) is 3.22. The number of hydrogen-bond acceptors (Lipinski definition) is 4. The Morgan fingerprint density at radius 1 is 1.62 bits per heavy atom. The van der Waals surface area contributed by atoms with Crippen molar-refractivity contribution >= 4 is 11.8 Å². The van der Waals surface area contributed by atoms with Crippen molar-refractivity contribution in [3.8, 4) is 5.88 Å². The summed E-state index contributed by atoms with van der Waals surface area (Å²) in [7, 11) is 0. The van der Waals surface area contributed by atoms with E-state index in [-0.39, 0.29) is 0 Å². The van der Waals surface area contributed by atoms with E-state index < -0.39 is 0 Å². The molecule has 1 unspecified atom stereocenters. The monoisotopic (exact) mass is 196 g/mol. The normalized spacial score (nSPS) is 21.8. The van der Waals surface area contributed by atoms with Crippen LogP contribution in [0.1, 0.15) is 12.2 Å². The van der Waals surface area contributed by atoms with Gasteiger partial charge >= 0.3 is 0 Å². The van der Waals surface area contributed by atoms with E-state index in [4.69, 9.17) is 4.74 Å². The van der Waals surface area contributed by atoms with E-state index in [0.29, 0.717) is 12.0 Å². The Kier molecular flexibility index (Phi) is 2.68. The summed E-state index contributed by atoms with van der Waals surface area (Å²) in [4.78, 5) is 8.21. The van der Waals surface area contributed by atoms with Crippen LogP contribution in [-0.2, 0) is 0 Å². The first-order valence-electron chi connectivity index (χ1n) is 4.38. The van der Waals surface area contributed by atoms with Gasteiger partial charge in [0.25, 0.3) is 0 Å². The standard InChI is InChI=1S/C9H12N2OS/c1-7-10-4-2-9(11-7)12-8-3-5-13-6-8/h2,4,8H,3,5-6H2,1H3. The van der Waals surface area contributed by atoms with E-state index in [0.717, 1.165) is 18.0 Å². The van der Waals surface area contributed by atoms with Crippen molar-refractivity contribution in [1.29, 1.82) is 0 Å². The van der Waals surface area contributed by atoms with E-state index >= 15 is 0 Å². The molecule has 70 valence electrons. The molecule has 1 aromatic rings. The molecule has 1 aliphatic rings. The lowest BCUT2D eigenvalue weighted by molar-refractivity contribution is 0.219. The lowest BCUT2D eigenvalue weighted by Gasteiger charge is -2.10. The molecular formula is C9H12N2OS. The zero-order valence-corrected chi connectivity index (χ0v) is 8.38. The lowest BCUT2D eigenvalue weighted by atomic mass is 10.3. The highest BCUT2D eigenvalue weighted by atomic mass is 32.2. The number of hydrogen-bond donors (Lipinski definition) is 0. The third-order valence-corrected chi connectivity index (χ3v) is 3.06. The van der Waals surface area contributed by atoms with E-state index in [9.17, 15) is 0 Å². The molecule has 1 fully saturated rings. The van der Waals surface area contributed by atoms with Crippen LogP contribution in [0.2, 0.25) is 0 Å². The highest BCUT2D eigenvalue weighted by Gasteiger charge is 2.17. The van der Waals surface area contributed by atoms with E-state index in [1.165, 1.54) is 5.75 Å². The average molecular weight is 196 g/mol. The highest BCUT2D eigenvalue weighted by Crippen LogP contribution is 2.21. The minimum Gasteiger partial charge on any atom is -0.473 e. The number of nitrogens with zero attached hydrogens (tertiary/aromatic N) is 2. The number of aryl methyl sites for hydroxylation is 1. The van der Waals surface area contributed by atoms with Crippen molar-refractivity contribution < 1.29 is 4.74 Å². The fourth-order valence-electron chi connectivity index (χ4n) is 1.28. The molecule has 1 aliphatic heterocycles. The Morgan fingerprint density at radius 2 is 2.54 bits per heavy atom. The molecule has 0 radical (unpaired) electrons. The summed E-state index contributed by atoms with van der Waals surface area (Å²) >= 11 is 1.94. The fourth-order valence-corrected chi connectivity index (χ4v) is 2.37. The van der Waals surface area contributed by atoms with Crippen molar-refractivity contribution in [2.75, 3.05) is 11.5 Å². The van der Waals surface area contributed by atoms with Crippen molar-refractivity contribution in [3.63, 3.8) is 0 Å². The average Bonchev–Trinajstić information content (AvgIpc) is 2.57. The number of rotatable bonds is 2. The third kappa shape index (κ3) is 2.34. The third-order valence-electron chi connectivity index (χ3n) is 1.93. The molecule has 0 aromatic carbocycles. The van der Waals surface area contributed by atoms with Gasteiger partial charge in [-0.25, -0.2) is 4.98 Å². The van der Waals surface area contributed by atoms with Gasteiger partial charge in [-0.2, -0.15) is 16.7 Å². The van der Waals surface area contributed by atoms with Gasteiger partial charge < -0.3 is 4.74 Å². The Morgan fingerprint density at radius 3 is 3.23 bits per heavy atom. The van der Waals surface area contributed by atoms with Crippen LogP contribution in [0.5, 0.6) is 5.88 Å². The molecule has 0 bridgehead atoms. The fraction of sp³-hybridized carbons (Fsp3) is 0.556. The highest BCUT2D eigenvalue weighted by molar-refractivity contribution is 7.99. The first kappa shape index (κ1) is 8.81. The zero-order valence-electron chi connectivity index (χ0n) is 7.56. The molecule has 2 heterocycles. The van der Waals surface area contributed by atoms with Crippen LogP contribution in [0.4, 0.5) is 0 Å². The summed E-state index contributed by atoms with van der Waals surface area (Å²) in [5.41, 5.74) is 0. The summed E-state index contributed by atoms with van der Waals surface area (Å²) in [6.45, 7) is 1.87. The topological polar surface area (TPSA) is 35.0 Å². The Bertz CT molecular complexity index is 287. The second-order valence-corrected chi connectivity index (χ2v) is 4.20. The van der Waals surface area contributed by atoms with Gasteiger partial charge in [0.1, 0.15) is 11.9 Å². The first-order valence-corrected chi connectivity index (χ1v) is 5.54. The molecule has 0 spiro atoms. The van der Waals surface area contributed by atoms with Gasteiger partial charge in [-0.05, 0) is 19.1 Å². The lowest BCUT2D eigenvalue weighted by Crippen LogP contribution is -2.15. The van der Waals surface area contributed by atoms with Crippen molar-refractivity contribution in [1.82, 2.24) is 9.97 Å². The van der Waals surface area contributed by atoms with Gasteiger partial charge in [0.05, 0.1) is 0 Å². The van der Waals surface area contributed by atoms with E-state index in [2.05, 4.69) is 9.97 Å². The molecule has 2 rings (SSSR count). The number of aromatic nitrogens is 2. The van der Waals surface area contributed by atoms with Crippen LogP contribution in [-0.4, -0.2) is 27.6 Å². The van der Waals surface area contributed by atoms with Gasteiger partial charge in [0.15, 0.2) is 0 Å². The maximum atomic E-state index is 5.68. The molecule has 13 heavy (non-hydrogen) atoms. The summed E-state index contributed by atoms with van der Waals surface area (Å²) < 4.78 is 5.68. The van der Waals surface area contributed by atoms with Crippen LogP contribution in [0.3, 0.4) is 0 Å². The van der Waals surface area contributed by atoms with E-state index in [1.807, 2.05) is 24.8 Å². The molecule has 4 heteroatoms. The Labute approximate surface area is 81.9 Å². The Balaban J connectivity index is 2.00. The van der Waals surface area contributed by atoms with Crippen LogP contribution < -0.4 is 4.74 Å². The molecule has 3 nitrogen and oxygen atoms in total. The zero-order chi connectivity index (χ0) is 9.10. The SMILES string of the molecule is Cc1nccc(OC2CCSC2)n1.